The topological polar surface area (TPSA) is 122 Å². The van der Waals surface area contributed by atoms with E-state index >= 15 is 0 Å². The first-order chi connectivity index (χ1) is 26.5. The van der Waals surface area contributed by atoms with Crippen LogP contribution >= 0.6 is 0 Å². The van der Waals surface area contributed by atoms with E-state index in [0.717, 1.165) is 125 Å². The van der Waals surface area contributed by atoms with Gasteiger partial charge in [-0.1, -0.05) is 37.1 Å². The van der Waals surface area contributed by atoms with Gasteiger partial charge < -0.3 is 38.9 Å². The molecular formula is C43H63N3O8. The van der Waals surface area contributed by atoms with Crippen molar-refractivity contribution in [3.8, 4) is 11.5 Å². The molecule has 3 heterocycles. The molecule has 6 aliphatic rings. The van der Waals surface area contributed by atoms with Crippen LogP contribution in [-0.2, 0) is 19.1 Å². The van der Waals surface area contributed by atoms with Crippen LogP contribution in [-0.4, -0.2) is 109 Å². The number of amides is 1. The van der Waals surface area contributed by atoms with E-state index in [9.17, 15) is 15.0 Å². The molecule has 7 atom stereocenters. The Morgan fingerprint density at radius 1 is 1.11 bits per heavy atom. The third-order valence-electron chi connectivity index (χ3n) is 12.3. The molecule has 2 saturated carbocycles. The number of hydrogen-bond acceptors (Lipinski definition) is 10. The Kier molecular flexibility index (Phi) is 13.3. The zero-order chi connectivity index (χ0) is 37.5. The number of aliphatic hydroxyl groups is 2. The smallest absolute Gasteiger partial charge is 0.239 e. The van der Waals surface area contributed by atoms with Crippen molar-refractivity contribution >= 4 is 11.6 Å². The summed E-state index contributed by atoms with van der Waals surface area (Å²) in [4.78, 5) is 25.0. The van der Waals surface area contributed by atoms with Gasteiger partial charge in [-0.05, 0) is 93.4 Å². The Balaban J connectivity index is 1.39. The SMILES string of the molecule is C=CCOC12Oc3ccc(OCCN4CC4)cc3C3C(CCCCO)C(CCCCO)C=C(C(=NOC4CCCCO4)CC1N(CCC)C(=O)C1CC1)C32. The molecule has 0 aromatic heterocycles. The summed E-state index contributed by atoms with van der Waals surface area (Å²) in [5.74, 6) is 0.502. The number of aliphatic hydroxyl groups excluding tert-OH is 2. The molecule has 7 rings (SSSR count). The van der Waals surface area contributed by atoms with Crippen molar-refractivity contribution in [2.75, 3.05) is 59.2 Å². The minimum absolute atomic E-state index is 0.0176. The summed E-state index contributed by atoms with van der Waals surface area (Å²) in [6.45, 7) is 11.7. The fourth-order valence-corrected chi connectivity index (χ4v) is 9.47. The van der Waals surface area contributed by atoms with Crippen LogP contribution in [0.4, 0.5) is 0 Å². The maximum Gasteiger partial charge on any atom is 0.239 e. The summed E-state index contributed by atoms with van der Waals surface area (Å²) >= 11 is 0. The summed E-state index contributed by atoms with van der Waals surface area (Å²) < 4.78 is 26.8. The zero-order valence-corrected chi connectivity index (χ0v) is 32.4. The van der Waals surface area contributed by atoms with Crippen LogP contribution in [0.2, 0.25) is 0 Å². The van der Waals surface area contributed by atoms with Crippen molar-refractivity contribution in [3.63, 3.8) is 0 Å². The van der Waals surface area contributed by atoms with Crippen LogP contribution in [0.5, 0.6) is 11.5 Å². The lowest BCUT2D eigenvalue weighted by molar-refractivity contribution is -0.258. The zero-order valence-electron chi connectivity index (χ0n) is 32.4. The number of benzene rings is 1. The quantitative estimate of drug-likeness (QED) is 0.0656. The highest BCUT2D eigenvalue weighted by atomic mass is 16.8. The van der Waals surface area contributed by atoms with Crippen molar-refractivity contribution < 1.29 is 38.8 Å². The molecule has 4 fully saturated rings. The van der Waals surface area contributed by atoms with Crippen LogP contribution < -0.4 is 9.47 Å². The summed E-state index contributed by atoms with van der Waals surface area (Å²) in [5.41, 5.74) is 2.96. The second-order valence-corrected chi connectivity index (χ2v) is 16.2. The Hall–Kier alpha value is -2.96. The number of nitrogens with zero attached hydrogens (tertiary/aromatic N) is 3. The molecule has 3 aliphatic heterocycles. The predicted molar refractivity (Wildman–Crippen MR) is 206 cm³/mol. The molecule has 2 saturated heterocycles. The Bertz CT molecular complexity index is 1490. The number of hydrogen-bond donors (Lipinski definition) is 2. The van der Waals surface area contributed by atoms with Crippen molar-refractivity contribution in [1.82, 2.24) is 9.80 Å². The minimum atomic E-state index is -1.22. The molecule has 0 radical (unpaired) electrons. The molecule has 0 spiro atoms. The Labute approximate surface area is 321 Å². The molecule has 3 aliphatic carbocycles. The fourth-order valence-electron chi connectivity index (χ4n) is 9.47. The Morgan fingerprint density at radius 3 is 2.63 bits per heavy atom. The van der Waals surface area contributed by atoms with E-state index in [1.165, 1.54) is 0 Å². The lowest BCUT2D eigenvalue weighted by atomic mass is 9.55. The lowest BCUT2D eigenvalue weighted by Gasteiger charge is -2.60. The molecule has 0 bridgehead atoms. The first-order valence-corrected chi connectivity index (χ1v) is 21.0. The van der Waals surface area contributed by atoms with Gasteiger partial charge in [0.25, 0.3) is 0 Å². The van der Waals surface area contributed by atoms with E-state index in [0.29, 0.717) is 26.2 Å². The van der Waals surface area contributed by atoms with Crippen LogP contribution in [0.3, 0.4) is 0 Å². The van der Waals surface area contributed by atoms with Gasteiger partial charge >= 0.3 is 0 Å². The molecule has 1 aromatic rings. The first-order valence-electron chi connectivity index (χ1n) is 21.0. The van der Waals surface area contributed by atoms with E-state index in [1.807, 2.05) is 17.0 Å². The summed E-state index contributed by atoms with van der Waals surface area (Å²) in [6, 6.07) is 5.75. The molecule has 2 N–H and O–H groups in total. The summed E-state index contributed by atoms with van der Waals surface area (Å²) in [5, 5.41) is 24.7. The third-order valence-corrected chi connectivity index (χ3v) is 12.3. The highest BCUT2D eigenvalue weighted by Gasteiger charge is 2.65. The number of unbranched alkanes of at least 4 members (excludes halogenated alkanes) is 2. The number of ether oxygens (including phenoxy) is 4. The third kappa shape index (κ3) is 8.70. The van der Waals surface area contributed by atoms with Gasteiger partial charge in [0.1, 0.15) is 24.1 Å². The first kappa shape index (κ1) is 39.3. The van der Waals surface area contributed by atoms with Gasteiger partial charge in [0.05, 0.1) is 24.8 Å². The van der Waals surface area contributed by atoms with Crippen LogP contribution in [0.1, 0.15) is 102 Å². The van der Waals surface area contributed by atoms with E-state index in [-0.39, 0.29) is 55.3 Å². The molecule has 11 heteroatoms. The minimum Gasteiger partial charge on any atom is -0.492 e. The Morgan fingerprint density at radius 2 is 1.93 bits per heavy atom. The standard InChI is InChI=1S/C43H63N3O8/c1-3-18-46(42(49)30-14-15-30)38-29-36(44-54-39-13-7-10-25-51-39)34-27-31(11-5-8-22-47)33(12-6-9-23-48)40-35-28-32(50-26-21-45-19-20-45)16-17-37(35)53-43(38,41(34)40)52-24-4-2/h4,16-17,27-28,30-31,33,38-41,47-48H,2-3,5-15,18-26,29H2,1H3. The van der Waals surface area contributed by atoms with Gasteiger partial charge in [-0.3, -0.25) is 9.69 Å². The van der Waals surface area contributed by atoms with Gasteiger partial charge in [0.2, 0.25) is 18.0 Å². The maximum atomic E-state index is 14.3. The van der Waals surface area contributed by atoms with Crippen molar-refractivity contribution in [2.24, 2.45) is 28.8 Å². The van der Waals surface area contributed by atoms with Crippen molar-refractivity contribution in [1.29, 1.82) is 0 Å². The summed E-state index contributed by atoms with van der Waals surface area (Å²) in [7, 11) is 0. The molecule has 1 amide bonds. The van der Waals surface area contributed by atoms with Gasteiger partial charge in [-0.25, -0.2) is 0 Å². The monoisotopic (exact) mass is 749 g/mol. The highest BCUT2D eigenvalue weighted by Crippen LogP contribution is 2.62. The van der Waals surface area contributed by atoms with Crippen LogP contribution in [0.25, 0.3) is 0 Å². The van der Waals surface area contributed by atoms with E-state index in [4.69, 9.17) is 28.9 Å². The number of carbonyl (C=O) groups is 1. The number of fused-ring (bicyclic) bond motifs is 2. The lowest BCUT2D eigenvalue weighted by Crippen LogP contribution is -2.70. The van der Waals surface area contributed by atoms with E-state index < -0.39 is 18.1 Å². The van der Waals surface area contributed by atoms with Crippen LogP contribution in [0, 0.1) is 23.7 Å². The van der Waals surface area contributed by atoms with E-state index in [1.54, 1.807) is 6.08 Å². The number of oxime groups is 1. The largest absolute Gasteiger partial charge is 0.492 e. The molecule has 11 nitrogen and oxygen atoms in total. The maximum absolute atomic E-state index is 14.3. The predicted octanol–water partition coefficient (Wildman–Crippen LogP) is 6.19. The van der Waals surface area contributed by atoms with Gasteiger partial charge in [-0.15, -0.1) is 6.58 Å². The number of allylic oxidation sites excluding steroid dienone is 1. The average molecular weight is 750 g/mol. The molecule has 54 heavy (non-hydrogen) atoms. The van der Waals surface area contributed by atoms with Gasteiger partial charge in [0.15, 0.2) is 0 Å². The highest BCUT2D eigenvalue weighted by molar-refractivity contribution is 6.03. The normalized spacial score (nSPS) is 30.8. The van der Waals surface area contributed by atoms with Gasteiger partial charge in [0, 0.05) is 69.6 Å². The average Bonchev–Trinajstić information content (AvgIpc) is 4.13. The molecule has 1 aromatic carbocycles. The molecular weight excluding hydrogens is 686 g/mol. The van der Waals surface area contributed by atoms with E-state index in [2.05, 4.69) is 30.5 Å². The molecule has 7 unspecified atom stereocenters. The summed E-state index contributed by atoms with van der Waals surface area (Å²) in [6.07, 6.45) is 14.6. The van der Waals surface area contributed by atoms with Gasteiger partial charge in [-0.2, -0.15) is 0 Å². The molecule has 298 valence electrons. The number of rotatable bonds is 21. The second-order valence-electron chi connectivity index (χ2n) is 16.2. The second kappa shape index (κ2) is 18.3. The van der Waals surface area contributed by atoms with Crippen molar-refractivity contribution in [3.05, 3.63) is 48.1 Å². The fraction of sp³-hybridized carbons (Fsp3) is 0.721. The van der Waals surface area contributed by atoms with Crippen LogP contribution in [0.15, 0.2) is 47.7 Å². The van der Waals surface area contributed by atoms with Crippen molar-refractivity contribution in [2.45, 2.75) is 114 Å². The number of carbonyl (C=O) groups excluding carboxylic acids is 1.